The molecule has 106 valence electrons. The first-order chi connectivity index (χ1) is 8.64. The molecule has 2 rings (SSSR count). The van der Waals surface area contributed by atoms with Gasteiger partial charge in [0, 0.05) is 18.1 Å². The molecule has 2 aliphatic rings. The molecule has 1 heterocycles. The van der Waals surface area contributed by atoms with Crippen LogP contribution < -0.4 is 5.73 Å². The van der Waals surface area contributed by atoms with Gasteiger partial charge in [-0.05, 0) is 50.5 Å². The Morgan fingerprint density at radius 3 is 2.61 bits per heavy atom. The van der Waals surface area contributed by atoms with Crippen molar-refractivity contribution in [2.24, 2.45) is 17.6 Å². The van der Waals surface area contributed by atoms with Crippen molar-refractivity contribution >= 4 is 0 Å². The molecule has 0 bridgehead atoms. The highest BCUT2D eigenvalue weighted by Gasteiger charge is 2.46. The Kier molecular flexibility index (Phi) is 4.71. The predicted molar refractivity (Wildman–Crippen MR) is 78.6 cm³/mol. The standard InChI is InChI=1S/C16H32N2/c1-4-15-7-5-6-10-18(15)16(12-17)11-13(2)8-9-14(16)3/h13-15H,4-12,17H2,1-3H3. The fourth-order valence-corrected chi connectivity index (χ4v) is 4.52. The average Bonchev–Trinajstić information content (AvgIpc) is 2.41. The summed E-state index contributed by atoms with van der Waals surface area (Å²) >= 11 is 0. The van der Waals surface area contributed by atoms with Crippen molar-refractivity contribution in [1.29, 1.82) is 0 Å². The highest BCUT2D eigenvalue weighted by Crippen LogP contribution is 2.43. The molecule has 1 saturated carbocycles. The van der Waals surface area contributed by atoms with Gasteiger partial charge in [0.05, 0.1) is 0 Å². The largest absolute Gasteiger partial charge is 0.329 e. The first-order valence-electron chi connectivity index (χ1n) is 8.11. The van der Waals surface area contributed by atoms with Crippen LogP contribution in [0.1, 0.15) is 65.7 Å². The second kappa shape index (κ2) is 5.92. The maximum Gasteiger partial charge on any atom is 0.0362 e. The average molecular weight is 252 g/mol. The first kappa shape index (κ1) is 14.3. The van der Waals surface area contributed by atoms with Crippen LogP contribution in [0.25, 0.3) is 0 Å². The van der Waals surface area contributed by atoms with E-state index in [1.807, 2.05) is 0 Å². The summed E-state index contributed by atoms with van der Waals surface area (Å²) in [6, 6.07) is 0.787. The van der Waals surface area contributed by atoms with Crippen LogP contribution in [0.5, 0.6) is 0 Å². The van der Waals surface area contributed by atoms with Crippen LogP contribution >= 0.6 is 0 Å². The molecule has 0 aromatic carbocycles. The van der Waals surface area contributed by atoms with Gasteiger partial charge in [-0.2, -0.15) is 0 Å². The minimum Gasteiger partial charge on any atom is -0.329 e. The molecule has 2 N–H and O–H groups in total. The Labute approximate surface area is 113 Å². The fourth-order valence-electron chi connectivity index (χ4n) is 4.52. The van der Waals surface area contributed by atoms with Crippen molar-refractivity contribution in [2.45, 2.75) is 77.3 Å². The zero-order chi connectivity index (χ0) is 13.2. The van der Waals surface area contributed by atoms with Gasteiger partial charge in [-0.3, -0.25) is 4.90 Å². The summed E-state index contributed by atoms with van der Waals surface area (Å²) in [6.45, 7) is 9.35. The molecule has 18 heavy (non-hydrogen) atoms. The molecule has 0 radical (unpaired) electrons. The lowest BCUT2D eigenvalue weighted by Crippen LogP contribution is -2.64. The van der Waals surface area contributed by atoms with Gasteiger partial charge in [0.15, 0.2) is 0 Å². The molecule has 0 aromatic heterocycles. The van der Waals surface area contributed by atoms with Crippen LogP contribution in [0.15, 0.2) is 0 Å². The molecule has 1 saturated heterocycles. The first-order valence-corrected chi connectivity index (χ1v) is 8.11. The number of hydrogen-bond acceptors (Lipinski definition) is 2. The van der Waals surface area contributed by atoms with Gasteiger partial charge < -0.3 is 5.73 Å². The third-order valence-electron chi connectivity index (χ3n) is 5.74. The lowest BCUT2D eigenvalue weighted by atomic mass is 9.67. The molecule has 0 spiro atoms. The number of hydrogen-bond donors (Lipinski definition) is 1. The van der Waals surface area contributed by atoms with Crippen LogP contribution in [-0.4, -0.2) is 29.6 Å². The number of likely N-dealkylation sites (tertiary alicyclic amines) is 1. The molecular formula is C16H32N2. The minimum absolute atomic E-state index is 0.304. The molecule has 2 nitrogen and oxygen atoms in total. The molecule has 4 unspecified atom stereocenters. The Bertz CT molecular complexity index is 266. The summed E-state index contributed by atoms with van der Waals surface area (Å²) in [5, 5.41) is 0. The van der Waals surface area contributed by atoms with E-state index in [-0.39, 0.29) is 0 Å². The van der Waals surface area contributed by atoms with E-state index in [2.05, 4.69) is 25.7 Å². The van der Waals surface area contributed by atoms with Crippen LogP contribution in [0.2, 0.25) is 0 Å². The van der Waals surface area contributed by atoms with Crippen molar-refractivity contribution < 1.29 is 0 Å². The number of rotatable bonds is 3. The van der Waals surface area contributed by atoms with Crippen LogP contribution in [0.4, 0.5) is 0 Å². The highest BCUT2D eigenvalue weighted by atomic mass is 15.2. The van der Waals surface area contributed by atoms with Gasteiger partial charge in [0.1, 0.15) is 0 Å². The zero-order valence-corrected chi connectivity index (χ0v) is 12.6. The Morgan fingerprint density at radius 2 is 1.94 bits per heavy atom. The van der Waals surface area contributed by atoms with Crippen molar-refractivity contribution in [3.63, 3.8) is 0 Å². The quantitative estimate of drug-likeness (QED) is 0.834. The summed E-state index contributed by atoms with van der Waals surface area (Å²) in [5.74, 6) is 1.62. The Balaban J connectivity index is 2.23. The van der Waals surface area contributed by atoms with E-state index in [1.54, 1.807) is 0 Å². The summed E-state index contributed by atoms with van der Waals surface area (Å²) in [4.78, 5) is 2.83. The predicted octanol–water partition coefficient (Wildman–Crippen LogP) is 3.40. The van der Waals surface area contributed by atoms with Gasteiger partial charge in [-0.1, -0.05) is 33.6 Å². The van der Waals surface area contributed by atoms with Crippen molar-refractivity contribution in [3.8, 4) is 0 Å². The van der Waals surface area contributed by atoms with Crippen LogP contribution in [0.3, 0.4) is 0 Å². The van der Waals surface area contributed by atoms with E-state index in [4.69, 9.17) is 5.73 Å². The molecule has 2 heteroatoms. The van der Waals surface area contributed by atoms with Crippen molar-refractivity contribution in [1.82, 2.24) is 4.90 Å². The number of nitrogens with zero attached hydrogens (tertiary/aromatic N) is 1. The Hall–Kier alpha value is -0.0800. The van der Waals surface area contributed by atoms with Gasteiger partial charge in [0.25, 0.3) is 0 Å². The van der Waals surface area contributed by atoms with Crippen LogP contribution in [0, 0.1) is 11.8 Å². The van der Waals surface area contributed by atoms with E-state index in [1.165, 1.54) is 51.5 Å². The molecule has 0 aromatic rings. The van der Waals surface area contributed by atoms with Gasteiger partial charge in [0.2, 0.25) is 0 Å². The highest BCUT2D eigenvalue weighted by molar-refractivity contribution is 5.02. The lowest BCUT2D eigenvalue weighted by molar-refractivity contribution is -0.0485. The van der Waals surface area contributed by atoms with Gasteiger partial charge >= 0.3 is 0 Å². The summed E-state index contributed by atoms with van der Waals surface area (Å²) in [7, 11) is 0. The molecule has 2 fully saturated rings. The topological polar surface area (TPSA) is 29.3 Å². The molecule has 4 atom stereocenters. The second-order valence-electron chi connectivity index (χ2n) is 6.85. The number of piperidine rings is 1. The third-order valence-corrected chi connectivity index (χ3v) is 5.74. The Morgan fingerprint density at radius 1 is 1.17 bits per heavy atom. The second-order valence-corrected chi connectivity index (χ2v) is 6.85. The molecule has 1 aliphatic carbocycles. The zero-order valence-electron chi connectivity index (χ0n) is 12.6. The normalized spacial score (nSPS) is 43.0. The van der Waals surface area contributed by atoms with Crippen LogP contribution in [-0.2, 0) is 0 Å². The number of nitrogens with two attached hydrogens (primary N) is 1. The minimum atomic E-state index is 0.304. The van der Waals surface area contributed by atoms with E-state index >= 15 is 0 Å². The van der Waals surface area contributed by atoms with E-state index in [9.17, 15) is 0 Å². The van der Waals surface area contributed by atoms with E-state index in [0.29, 0.717) is 5.54 Å². The summed E-state index contributed by atoms with van der Waals surface area (Å²) in [6.07, 6.45) is 9.56. The maximum absolute atomic E-state index is 6.30. The molecule has 1 aliphatic heterocycles. The van der Waals surface area contributed by atoms with Gasteiger partial charge in [-0.15, -0.1) is 0 Å². The van der Waals surface area contributed by atoms with Crippen molar-refractivity contribution in [3.05, 3.63) is 0 Å². The van der Waals surface area contributed by atoms with Crippen molar-refractivity contribution in [2.75, 3.05) is 13.1 Å². The smallest absolute Gasteiger partial charge is 0.0362 e. The third kappa shape index (κ3) is 2.46. The lowest BCUT2D eigenvalue weighted by Gasteiger charge is -2.56. The molecule has 0 amide bonds. The summed E-state index contributed by atoms with van der Waals surface area (Å²) in [5.41, 5.74) is 6.60. The van der Waals surface area contributed by atoms with E-state index < -0.39 is 0 Å². The monoisotopic (exact) mass is 252 g/mol. The maximum atomic E-state index is 6.30. The molecular weight excluding hydrogens is 220 g/mol. The van der Waals surface area contributed by atoms with Gasteiger partial charge in [-0.25, -0.2) is 0 Å². The fraction of sp³-hybridized carbons (Fsp3) is 1.00. The van der Waals surface area contributed by atoms with E-state index in [0.717, 1.165) is 24.4 Å². The summed E-state index contributed by atoms with van der Waals surface area (Å²) < 4.78 is 0. The SMILES string of the molecule is CCC1CCCCN1C1(CN)CC(C)CCC1C.